The fraction of sp³-hybridized carbons (Fsp3) is 0.257. The highest BCUT2D eigenvalue weighted by Gasteiger charge is 2.35. The number of sulfonamides is 1. The fourth-order valence-electron chi connectivity index (χ4n) is 4.80. The maximum atomic E-state index is 14.5. The van der Waals surface area contributed by atoms with Crippen molar-refractivity contribution in [3.63, 3.8) is 0 Å². The van der Waals surface area contributed by atoms with Gasteiger partial charge in [-0.2, -0.15) is 0 Å². The van der Waals surface area contributed by atoms with E-state index in [1.54, 1.807) is 55.5 Å². The zero-order valence-electron chi connectivity index (χ0n) is 25.8. The zero-order chi connectivity index (χ0) is 33.4. The Balaban J connectivity index is 1.82. The van der Waals surface area contributed by atoms with Crippen molar-refractivity contribution in [2.75, 3.05) is 17.4 Å². The highest BCUT2D eigenvalue weighted by molar-refractivity contribution is 7.92. The molecule has 4 aromatic carbocycles. The number of benzene rings is 4. The SMILES string of the molecule is Cc1ccc(N(CC(=O)N(Cc2ccc(Cl)c(Cl)c2)[C@@H](Cc2ccccc2)C(=O)NCC(C)C)S(=O)(=O)c2ccccc2)cc1Cl. The van der Waals surface area contributed by atoms with Gasteiger partial charge in [0.15, 0.2) is 0 Å². The van der Waals surface area contributed by atoms with Crippen LogP contribution in [0.4, 0.5) is 5.69 Å². The highest BCUT2D eigenvalue weighted by atomic mass is 35.5. The lowest BCUT2D eigenvalue weighted by Crippen LogP contribution is -2.53. The van der Waals surface area contributed by atoms with Crippen molar-refractivity contribution in [1.29, 1.82) is 0 Å². The van der Waals surface area contributed by atoms with E-state index < -0.39 is 28.5 Å². The van der Waals surface area contributed by atoms with Gasteiger partial charge in [-0.25, -0.2) is 8.42 Å². The molecule has 46 heavy (non-hydrogen) atoms. The summed E-state index contributed by atoms with van der Waals surface area (Å²) in [5.74, 6) is -0.789. The summed E-state index contributed by atoms with van der Waals surface area (Å²) in [6.07, 6.45) is 0.194. The van der Waals surface area contributed by atoms with Crippen LogP contribution in [0.5, 0.6) is 0 Å². The minimum atomic E-state index is -4.24. The summed E-state index contributed by atoms with van der Waals surface area (Å²) in [5.41, 5.74) is 2.41. The number of aryl methyl sites for hydroxylation is 1. The first-order valence-corrected chi connectivity index (χ1v) is 17.3. The summed E-state index contributed by atoms with van der Waals surface area (Å²) in [7, 11) is -4.24. The van der Waals surface area contributed by atoms with Gasteiger partial charge in [0.05, 0.1) is 20.6 Å². The second-order valence-corrected chi connectivity index (χ2v) is 14.5. The molecule has 1 atom stereocenters. The summed E-state index contributed by atoms with van der Waals surface area (Å²) >= 11 is 19.0. The third-order valence-electron chi connectivity index (χ3n) is 7.35. The molecule has 0 aromatic heterocycles. The molecular weight excluding hydrogens is 665 g/mol. The summed E-state index contributed by atoms with van der Waals surface area (Å²) < 4.78 is 29.2. The smallest absolute Gasteiger partial charge is 0.264 e. The fourth-order valence-corrected chi connectivity index (χ4v) is 6.72. The van der Waals surface area contributed by atoms with E-state index in [4.69, 9.17) is 34.8 Å². The zero-order valence-corrected chi connectivity index (χ0v) is 28.9. The molecule has 0 spiro atoms. The van der Waals surface area contributed by atoms with Crippen molar-refractivity contribution < 1.29 is 18.0 Å². The van der Waals surface area contributed by atoms with Crippen LogP contribution in [-0.2, 0) is 32.6 Å². The molecule has 11 heteroatoms. The molecule has 0 bridgehead atoms. The van der Waals surface area contributed by atoms with Crippen molar-refractivity contribution in [3.05, 3.63) is 129 Å². The van der Waals surface area contributed by atoms with Gasteiger partial charge in [-0.15, -0.1) is 0 Å². The van der Waals surface area contributed by atoms with E-state index in [9.17, 15) is 18.0 Å². The van der Waals surface area contributed by atoms with Gasteiger partial charge in [0.25, 0.3) is 10.0 Å². The molecule has 0 unspecified atom stereocenters. The first-order valence-electron chi connectivity index (χ1n) is 14.8. The van der Waals surface area contributed by atoms with Crippen LogP contribution in [0.25, 0.3) is 0 Å². The molecule has 0 saturated heterocycles. The average Bonchev–Trinajstić information content (AvgIpc) is 3.04. The number of carbonyl (C=O) groups excluding carboxylic acids is 2. The van der Waals surface area contributed by atoms with Gasteiger partial charge < -0.3 is 10.2 Å². The molecule has 0 saturated carbocycles. The number of nitrogens with one attached hydrogen (secondary N) is 1. The van der Waals surface area contributed by atoms with Crippen LogP contribution >= 0.6 is 34.8 Å². The number of anilines is 1. The van der Waals surface area contributed by atoms with Crippen LogP contribution in [0.3, 0.4) is 0 Å². The van der Waals surface area contributed by atoms with Gasteiger partial charge in [-0.1, -0.05) is 109 Å². The summed E-state index contributed by atoms with van der Waals surface area (Å²) in [5, 5.41) is 3.95. The Morgan fingerprint density at radius 3 is 2.04 bits per heavy atom. The van der Waals surface area contributed by atoms with Crippen molar-refractivity contribution >= 4 is 62.3 Å². The van der Waals surface area contributed by atoms with Crippen LogP contribution in [0, 0.1) is 12.8 Å². The molecular formula is C35H36Cl3N3O4S. The third kappa shape index (κ3) is 9.04. The molecule has 0 aliphatic heterocycles. The van der Waals surface area contributed by atoms with Crippen LogP contribution in [0.2, 0.25) is 15.1 Å². The topological polar surface area (TPSA) is 86.8 Å². The third-order valence-corrected chi connectivity index (χ3v) is 10.3. The van der Waals surface area contributed by atoms with Gasteiger partial charge in [0.2, 0.25) is 11.8 Å². The van der Waals surface area contributed by atoms with Crippen LogP contribution in [0.15, 0.2) is 102 Å². The molecule has 0 heterocycles. The lowest BCUT2D eigenvalue weighted by Gasteiger charge is -2.34. The van der Waals surface area contributed by atoms with E-state index in [1.165, 1.54) is 23.1 Å². The van der Waals surface area contributed by atoms with Crippen molar-refractivity contribution in [1.82, 2.24) is 10.2 Å². The first kappa shape index (κ1) is 35.3. The van der Waals surface area contributed by atoms with E-state index in [-0.39, 0.29) is 40.4 Å². The minimum absolute atomic E-state index is 0.00559. The molecule has 0 aliphatic rings. The number of hydrogen-bond donors (Lipinski definition) is 1. The van der Waals surface area contributed by atoms with Crippen LogP contribution in [0.1, 0.15) is 30.5 Å². The van der Waals surface area contributed by atoms with Gasteiger partial charge in [0, 0.05) is 24.5 Å². The Hall–Kier alpha value is -3.56. The largest absolute Gasteiger partial charge is 0.354 e. The molecule has 0 aliphatic carbocycles. The number of rotatable bonds is 13. The Kier molecular flexibility index (Phi) is 12.1. The quantitative estimate of drug-likeness (QED) is 0.156. The Morgan fingerprint density at radius 1 is 0.783 bits per heavy atom. The average molecular weight is 701 g/mol. The first-order chi connectivity index (χ1) is 21.9. The van der Waals surface area contributed by atoms with E-state index in [0.717, 1.165) is 15.4 Å². The predicted octanol–water partition coefficient (Wildman–Crippen LogP) is 7.56. The number of nitrogens with zero attached hydrogens (tertiary/aromatic N) is 2. The molecule has 0 radical (unpaired) electrons. The van der Waals surface area contributed by atoms with Crippen LogP contribution < -0.4 is 9.62 Å². The summed E-state index contributed by atoms with van der Waals surface area (Å²) in [6.45, 7) is 5.52. The van der Waals surface area contributed by atoms with Crippen LogP contribution in [-0.4, -0.2) is 44.3 Å². The Morgan fingerprint density at radius 2 is 1.43 bits per heavy atom. The maximum absolute atomic E-state index is 14.5. The number of carbonyl (C=O) groups is 2. The molecule has 1 N–H and O–H groups in total. The van der Waals surface area contributed by atoms with Gasteiger partial charge in [0.1, 0.15) is 12.6 Å². The van der Waals surface area contributed by atoms with Crippen molar-refractivity contribution in [2.24, 2.45) is 5.92 Å². The Labute approximate surface area is 286 Å². The molecule has 4 aromatic rings. The maximum Gasteiger partial charge on any atom is 0.264 e. The molecule has 7 nitrogen and oxygen atoms in total. The second kappa shape index (κ2) is 15.8. The monoisotopic (exact) mass is 699 g/mol. The standard InChI is InChI=1S/C35H36Cl3N3O4S/c1-24(2)21-39-35(43)33(19-26-10-6-4-7-11-26)40(22-27-15-17-30(36)32(38)18-27)34(42)23-41(28-16-14-25(3)31(37)20-28)46(44,45)29-12-8-5-9-13-29/h4-18,20,24,33H,19,21-23H2,1-3H3,(H,39,43)/t33-/m0/s1. The second-order valence-electron chi connectivity index (χ2n) is 11.4. The molecule has 2 amide bonds. The van der Waals surface area contributed by atoms with Gasteiger partial charge in [-0.05, 0) is 65.9 Å². The molecule has 0 fully saturated rings. The summed E-state index contributed by atoms with van der Waals surface area (Å²) in [6, 6.07) is 26.0. The minimum Gasteiger partial charge on any atom is -0.354 e. The van der Waals surface area contributed by atoms with Gasteiger partial charge in [-0.3, -0.25) is 13.9 Å². The highest BCUT2D eigenvalue weighted by Crippen LogP contribution is 2.29. The molecule has 4 rings (SSSR count). The van der Waals surface area contributed by atoms with E-state index in [1.807, 2.05) is 44.2 Å². The van der Waals surface area contributed by atoms with E-state index >= 15 is 0 Å². The number of hydrogen-bond acceptors (Lipinski definition) is 4. The van der Waals surface area contributed by atoms with Crippen molar-refractivity contribution in [2.45, 2.75) is 44.7 Å². The summed E-state index contributed by atoms with van der Waals surface area (Å²) in [4.78, 5) is 29.8. The van der Waals surface area contributed by atoms with E-state index in [2.05, 4.69) is 5.32 Å². The molecule has 242 valence electrons. The normalized spacial score (nSPS) is 12.1. The van der Waals surface area contributed by atoms with Crippen molar-refractivity contribution in [3.8, 4) is 0 Å². The van der Waals surface area contributed by atoms with Gasteiger partial charge >= 0.3 is 0 Å². The lowest BCUT2D eigenvalue weighted by atomic mass is 10.0. The number of halogens is 3. The Bertz CT molecular complexity index is 1770. The predicted molar refractivity (Wildman–Crippen MR) is 186 cm³/mol. The lowest BCUT2D eigenvalue weighted by molar-refractivity contribution is -0.140. The van der Waals surface area contributed by atoms with E-state index in [0.29, 0.717) is 22.2 Å². The number of amides is 2.